The van der Waals surface area contributed by atoms with E-state index < -0.39 is 5.91 Å². The van der Waals surface area contributed by atoms with E-state index in [1.165, 1.54) is 0 Å². The molecule has 1 aliphatic heterocycles. The Morgan fingerprint density at radius 2 is 2.04 bits per heavy atom. The number of carbonyl (C=O) groups excluding carboxylic acids is 1. The van der Waals surface area contributed by atoms with Crippen LogP contribution in [0, 0.1) is 13.8 Å². The molecule has 0 atom stereocenters. The van der Waals surface area contributed by atoms with Gasteiger partial charge in [0, 0.05) is 30.0 Å². The number of halogens is 1. The van der Waals surface area contributed by atoms with E-state index in [9.17, 15) is 4.79 Å². The molecule has 0 spiro atoms. The zero-order valence-corrected chi connectivity index (χ0v) is 16.9. The zero-order chi connectivity index (χ0) is 20.4. The fourth-order valence-electron chi connectivity index (χ4n) is 3.21. The van der Waals surface area contributed by atoms with Gasteiger partial charge in [-0.2, -0.15) is 0 Å². The molecule has 1 aromatic heterocycles. The molecule has 6 heteroatoms. The van der Waals surface area contributed by atoms with Crippen molar-refractivity contribution >= 4 is 23.1 Å². The third-order valence-electron chi connectivity index (χ3n) is 4.53. The summed E-state index contributed by atoms with van der Waals surface area (Å²) in [5.41, 5.74) is 9.94. The van der Waals surface area contributed by atoms with Crippen molar-refractivity contribution in [1.82, 2.24) is 9.88 Å². The lowest BCUT2D eigenvalue weighted by Gasteiger charge is -2.26. The maximum absolute atomic E-state index is 11.4. The lowest BCUT2D eigenvalue weighted by atomic mass is 9.96. The third-order valence-corrected chi connectivity index (χ3v) is 4.94. The summed E-state index contributed by atoms with van der Waals surface area (Å²) in [6, 6.07) is 7.92. The minimum Gasteiger partial charge on any atom is -0.441 e. The summed E-state index contributed by atoms with van der Waals surface area (Å²) in [4.78, 5) is 17.5. The van der Waals surface area contributed by atoms with E-state index in [2.05, 4.69) is 11.6 Å². The quantitative estimate of drug-likeness (QED) is 0.720. The number of oxazole rings is 1. The van der Waals surface area contributed by atoms with Gasteiger partial charge in [-0.05, 0) is 36.6 Å². The van der Waals surface area contributed by atoms with Gasteiger partial charge in [-0.3, -0.25) is 4.79 Å². The first-order valence-electron chi connectivity index (χ1n) is 8.93. The summed E-state index contributed by atoms with van der Waals surface area (Å²) in [6.45, 7) is 9.79. The van der Waals surface area contributed by atoms with Crippen LogP contribution in [0.2, 0.25) is 0 Å². The number of benzene rings is 1. The second-order valence-electron chi connectivity index (χ2n) is 6.46. The fraction of sp³-hybridized carbons (Fsp3) is 0.182. The van der Waals surface area contributed by atoms with Crippen molar-refractivity contribution in [1.29, 1.82) is 0 Å². The number of nitrogens with two attached hydrogens (primary N) is 1. The number of hydrogen-bond donors (Lipinski definition) is 1. The second kappa shape index (κ2) is 7.90. The van der Waals surface area contributed by atoms with E-state index in [1.54, 1.807) is 23.3 Å². The number of primary amides is 1. The average molecular weight is 396 g/mol. The van der Waals surface area contributed by atoms with Gasteiger partial charge in [0.25, 0.3) is 0 Å². The van der Waals surface area contributed by atoms with Crippen LogP contribution in [0.5, 0.6) is 0 Å². The lowest BCUT2D eigenvalue weighted by molar-refractivity contribution is -0.114. The fourth-order valence-corrected chi connectivity index (χ4v) is 3.61. The van der Waals surface area contributed by atoms with Crippen LogP contribution in [0.1, 0.15) is 30.5 Å². The first-order valence-corrected chi connectivity index (χ1v) is 9.31. The van der Waals surface area contributed by atoms with Gasteiger partial charge in [0.1, 0.15) is 5.16 Å². The molecule has 2 N–H and O–H groups in total. The molecule has 1 aromatic carbocycles. The minimum absolute atomic E-state index is 0.386. The van der Waals surface area contributed by atoms with E-state index in [1.807, 2.05) is 45.0 Å². The standard InChI is InChI=1S/C22H22ClN3O2/c1-5-17(21(23)26-11-10-16(22(24)27)12-13(26)2)18-8-6-7-9-19(18)20-14(3)25-15(4)28-20/h6-12H,2,5H2,1,3-4H3,(H2,24,27)/b21-17+. The van der Waals surface area contributed by atoms with Crippen LogP contribution in [0.25, 0.3) is 16.9 Å². The van der Waals surface area contributed by atoms with Gasteiger partial charge in [0.15, 0.2) is 11.7 Å². The summed E-state index contributed by atoms with van der Waals surface area (Å²) in [6.07, 6.45) is 5.63. The Hall–Kier alpha value is -3.05. The SMILES string of the molecule is C=C1C=C(C(N)=O)C=CN1/C(Cl)=C(\CC)c1ccccc1-c1oc(C)nc1C. The summed E-state index contributed by atoms with van der Waals surface area (Å²) < 4.78 is 5.84. The molecule has 5 nitrogen and oxygen atoms in total. The number of nitrogens with zero attached hydrogens (tertiary/aromatic N) is 2. The van der Waals surface area contributed by atoms with Gasteiger partial charge in [-0.1, -0.05) is 49.4 Å². The Bertz CT molecular complexity index is 1040. The Labute approximate surface area is 169 Å². The molecule has 1 aliphatic rings. The lowest BCUT2D eigenvalue weighted by Crippen LogP contribution is -2.20. The number of aryl methyl sites for hydroxylation is 2. The Morgan fingerprint density at radius 1 is 1.32 bits per heavy atom. The molecule has 3 rings (SSSR count). The van der Waals surface area contributed by atoms with Crippen LogP contribution in [0.15, 0.2) is 70.0 Å². The van der Waals surface area contributed by atoms with Gasteiger partial charge in [0.05, 0.1) is 5.69 Å². The maximum Gasteiger partial charge on any atom is 0.248 e. The monoisotopic (exact) mass is 395 g/mol. The molecule has 28 heavy (non-hydrogen) atoms. The summed E-state index contributed by atoms with van der Waals surface area (Å²) in [7, 11) is 0. The average Bonchev–Trinajstić information content (AvgIpc) is 3.00. The van der Waals surface area contributed by atoms with Crippen molar-refractivity contribution in [2.24, 2.45) is 5.73 Å². The van der Waals surface area contributed by atoms with Gasteiger partial charge < -0.3 is 15.1 Å². The Kier molecular flexibility index (Phi) is 5.56. The van der Waals surface area contributed by atoms with Crippen molar-refractivity contribution in [3.8, 4) is 11.3 Å². The molecular formula is C22H22ClN3O2. The number of carbonyl (C=O) groups is 1. The molecule has 2 heterocycles. The predicted octanol–water partition coefficient (Wildman–Crippen LogP) is 5.03. The highest BCUT2D eigenvalue weighted by atomic mass is 35.5. The molecule has 2 aromatic rings. The Morgan fingerprint density at radius 3 is 2.61 bits per heavy atom. The van der Waals surface area contributed by atoms with Gasteiger partial charge in [0.2, 0.25) is 5.91 Å². The number of amides is 1. The van der Waals surface area contributed by atoms with Crippen LogP contribution in [-0.4, -0.2) is 15.8 Å². The highest BCUT2D eigenvalue weighted by molar-refractivity contribution is 6.32. The van der Waals surface area contributed by atoms with E-state index in [0.29, 0.717) is 28.7 Å². The summed E-state index contributed by atoms with van der Waals surface area (Å²) in [5, 5.41) is 0.505. The highest BCUT2D eigenvalue weighted by Crippen LogP contribution is 2.37. The van der Waals surface area contributed by atoms with Crippen LogP contribution >= 0.6 is 11.6 Å². The molecule has 0 saturated carbocycles. The van der Waals surface area contributed by atoms with Crippen LogP contribution < -0.4 is 5.73 Å². The molecule has 0 radical (unpaired) electrons. The molecule has 0 fully saturated rings. The minimum atomic E-state index is -0.505. The van der Waals surface area contributed by atoms with Gasteiger partial charge in [-0.25, -0.2) is 4.98 Å². The van der Waals surface area contributed by atoms with Crippen molar-refractivity contribution in [3.63, 3.8) is 0 Å². The number of rotatable bonds is 5. The first-order chi connectivity index (χ1) is 13.3. The maximum atomic E-state index is 11.4. The number of allylic oxidation sites excluding steroid dienone is 2. The number of hydrogen-bond acceptors (Lipinski definition) is 4. The molecule has 0 bridgehead atoms. The second-order valence-corrected chi connectivity index (χ2v) is 6.81. The zero-order valence-electron chi connectivity index (χ0n) is 16.1. The van der Waals surface area contributed by atoms with Crippen LogP contribution in [0.3, 0.4) is 0 Å². The third kappa shape index (κ3) is 3.66. The normalized spacial score (nSPS) is 14.8. The van der Waals surface area contributed by atoms with E-state index >= 15 is 0 Å². The van der Waals surface area contributed by atoms with Gasteiger partial charge >= 0.3 is 0 Å². The van der Waals surface area contributed by atoms with E-state index in [4.69, 9.17) is 21.8 Å². The largest absolute Gasteiger partial charge is 0.441 e. The highest BCUT2D eigenvalue weighted by Gasteiger charge is 2.21. The summed E-state index contributed by atoms with van der Waals surface area (Å²) >= 11 is 6.79. The predicted molar refractivity (Wildman–Crippen MR) is 112 cm³/mol. The molecule has 1 amide bonds. The molecule has 0 unspecified atom stereocenters. The Balaban J connectivity index is 2.10. The van der Waals surface area contributed by atoms with Gasteiger partial charge in [-0.15, -0.1) is 0 Å². The first kappa shape index (κ1) is 19.7. The molecule has 144 valence electrons. The molecule has 0 saturated heterocycles. The topological polar surface area (TPSA) is 72.4 Å². The smallest absolute Gasteiger partial charge is 0.248 e. The van der Waals surface area contributed by atoms with Crippen LogP contribution in [0.4, 0.5) is 0 Å². The number of aromatic nitrogens is 1. The van der Waals surface area contributed by atoms with E-state index in [-0.39, 0.29) is 0 Å². The molecular weight excluding hydrogens is 374 g/mol. The van der Waals surface area contributed by atoms with Crippen molar-refractivity contribution in [2.45, 2.75) is 27.2 Å². The van der Waals surface area contributed by atoms with Crippen molar-refractivity contribution in [3.05, 3.63) is 82.8 Å². The van der Waals surface area contributed by atoms with E-state index in [0.717, 1.165) is 28.2 Å². The summed E-state index contributed by atoms with van der Waals surface area (Å²) in [5.74, 6) is 0.841. The van der Waals surface area contributed by atoms with Crippen molar-refractivity contribution < 1.29 is 9.21 Å². The van der Waals surface area contributed by atoms with Crippen LogP contribution in [-0.2, 0) is 4.79 Å². The molecule has 0 aliphatic carbocycles. The van der Waals surface area contributed by atoms with Crippen molar-refractivity contribution in [2.75, 3.05) is 0 Å².